The number of aryl methyl sites for hydroxylation is 1. The zero-order valence-corrected chi connectivity index (χ0v) is 21.6. The lowest BCUT2D eigenvalue weighted by atomic mass is 10.0. The number of methoxy groups -OCH3 is 1. The normalized spacial score (nSPS) is 13.6. The summed E-state index contributed by atoms with van der Waals surface area (Å²) in [4.78, 5) is 31.7. The van der Waals surface area contributed by atoms with E-state index in [9.17, 15) is 9.59 Å². The van der Waals surface area contributed by atoms with Crippen LogP contribution in [0.1, 0.15) is 41.6 Å². The van der Waals surface area contributed by atoms with Crippen molar-refractivity contribution in [2.75, 3.05) is 32.1 Å². The first-order chi connectivity index (χ1) is 18.0. The second kappa shape index (κ2) is 10.5. The molecule has 8 nitrogen and oxygen atoms in total. The summed E-state index contributed by atoms with van der Waals surface area (Å²) in [5.74, 6) is 0.556. The zero-order chi connectivity index (χ0) is 25.9. The van der Waals surface area contributed by atoms with Gasteiger partial charge >= 0.3 is 0 Å². The van der Waals surface area contributed by atoms with Crippen LogP contribution in [0.2, 0.25) is 0 Å². The summed E-state index contributed by atoms with van der Waals surface area (Å²) in [5, 5.41) is 7.51. The quantitative estimate of drug-likeness (QED) is 0.403. The van der Waals surface area contributed by atoms with E-state index in [0.29, 0.717) is 17.7 Å². The minimum atomic E-state index is -0.129. The average Bonchev–Trinajstić information content (AvgIpc) is 3.31. The van der Waals surface area contributed by atoms with Gasteiger partial charge in [-0.15, -0.1) is 0 Å². The van der Waals surface area contributed by atoms with E-state index >= 15 is 0 Å². The number of rotatable bonds is 7. The number of likely N-dealkylation sites (N-methyl/N-ethyl adjacent to an activating group) is 1. The number of piperidine rings is 1. The molecule has 4 aromatic rings. The molecule has 2 aromatic heterocycles. The monoisotopic (exact) mass is 499 g/mol. The Balaban J connectivity index is 1.60. The van der Waals surface area contributed by atoms with Crippen molar-refractivity contribution in [2.24, 2.45) is 0 Å². The Labute approximate surface area is 216 Å². The number of hydrogen-bond donors (Lipinski definition) is 2. The van der Waals surface area contributed by atoms with Gasteiger partial charge in [0.25, 0.3) is 5.56 Å². The molecular weight excluding hydrogens is 466 g/mol. The molecule has 37 heavy (non-hydrogen) atoms. The van der Waals surface area contributed by atoms with Crippen LogP contribution in [0.4, 0.5) is 5.69 Å². The van der Waals surface area contributed by atoms with Crippen molar-refractivity contribution in [3.63, 3.8) is 0 Å². The maximum atomic E-state index is 13.8. The van der Waals surface area contributed by atoms with Gasteiger partial charge < -0.3 is 19.9 Å². The second-order valence-electron chi connectivity index (χ2n) is 9.58. The number of carbonyl (C=O) groups is 1. The summed E-state index contributed by atoms with van der Waals surface area (Å²) in [7, 11) is 3.20. The molecule has 8 heteroatoms. The van der Waals surface area contributed by atoms with E-state index < -0.39 is 0 Å². The minimum absolute atomic E-state index is 0.0962. The van der Waals surface area contributed by atoms with Gasteiger partial charge in [-0.05, 0) is 37.8 Å². The molecule has 3 heterocycles. The number of aromatic amines is 1. The smallest absolute Gasteiger partial charge is 0.278 e. The van der Waals surface area contributed by atoms with E-state index in [0.717, 1.165) is 65.3 Å². The van der Waals surface area contributed by atoms with E-state index in [-0.39, 0.29) is 17.9 Å². The minimum Gasteiger partial charge on any atom is -0.496 e. The number of benzene rings is 2. The summed E-state index contributed by atoms with van der Waals surface area (Å²) >= 11 is 0. The van der Waals surface area contributed by atoms with Crippen LogP contribution in [0.5, 0.6) is 5.75 Å². The van der Waals surface area contributed by atoms with Crippen molar-refractivity contribution >= 4 is 17.2 Å². The molecule has 2 aromatic carbocycles. The molecule has 0 aliphatic carbocycles. The van der Waals surface area contributed by atoms with Crippen LogP contribution in [0.3, 0.4) is 0 Å². The number of amides is 1. The lowest BCUT2D eigenvalue weighted by molar-refractivity contribution is -0.119. The third-order valence-electron chi connectivity index (χ3n) is 7.14. The maximum absolute atomic E-state index is 13.8. The molecule has 0 saturated carbocycles. The number of carbonyl (C=O) groups excluding carboxylic acids is 1. The van der Waals surface area contributed by atoms with E-state index in [1.807, 2.05) is 55.5 Å². The van der Waals surface area contributed by atoms with Crippen LogP contribution in [0, 0.1) is 6.92 Å². The number of hydrogen-bond acceptors (Lipinski definition) is 5. The Morgan fingerprint density at radius 1 is 1.11 bits per heavy atom. The highest BCUT2D eigenvalue weighted by Gasteiger charge is 2.25. The highest BCUT2D eigenvalue weighted by Crippen LogP contribution is 2.35. The van der Waals surface area contributed by atoms with Gasteiger partial charge in [-0.2, -0.15) is 9.61 Å². The molecule has 5 rings (SSSR count). The molecule has 0 atom stereocenters. The zero-order valence-electron chi connectivity index (χ0n) is 21.6. The molecule has 1 saturated heterocycles. The molecule has 0 spiro atoms. The van der Waals surface area contributed by atoms with Crippen LogP contribution >= 0.6 is 0 Å². The van der Waals surface area contributed by atoms with Gasteiger partial charge in [0.1, 0.15) is 17.1 Å². The number of anilines is 1. The first kappa shape index (κ1) is 24.6. The fourth-order valence-corrected chi connectivity index (χ4v) is 5.17. The third-order valence-corrected chi connectivity index (χ3v) is 7.14. The summed E-state index contributed by atoms with van der Waals surface area (Å²) in [5.41, 5.74) is 6.60. The number of ether oxygens (including phenoxy) is 1. The van der Waals surface area contributed by atoms with E-state index in [1.165, 1.54) is 10.9 Å². The summed E-state index contributed by atoms with van der Waals surface area (Å²) in [6.07, 6.45) is 4.10. The van der Waals surface area contributed by atoms with E-state index in [1.54, 1.807) is 14.2 Å². The molecule has 0 unspecified atom stereocenters. The first-order valence-corrected chi connectivity index (χ1v) is 12.8. The van der Waals surface area contributed by atoms with E-state index in [4.69, 9.17) is 9.84 Å². The second-order valence-corrected chi connectivity index (χ2v) is 9.58. The van der Waals surface area contributed by atoms with Crippen molar-refractivity contribution in [3.05, 3.63) is 81.3 Å². The van der Waals surface area contributed by atoms with Crippen molar-refractivity contribution in [1.29, 1.82) is 0 Å². The van der Waals surface area contributed by atoms with Crippen molar-refractivity contribution in [2.45, 2.75) is 39.0 Å². The number of nitrogens with one attached hydrogen (secondary N) is 2. The van der Waals surface area contributed by atoms with Crippen LogP contribution in [0.25, 0.3) is 16.9 Å². The Kier molecular flexibility index (Phi) is 6.99. The predicted octanol–water partition coefficient (Wildman–Crippen LogP) is 3.88. The number of fused-ring (bicyclic) bond motifs is 1. The van der Waals surface area contributed by atoms with Gasteiger partial charge in [-0.25, -0.2) is 0 Å². The molecule has 1 amide bonds. The lowest BCUT2D eigenvalue weighted by Gasteiger charge is -2.28. The molecule has 2 N–H and O–H groups in total. The summed E-state index contributed by atoms with van der Waals surface area (Å²) in [6, 6.07) is 15.8. The Hall–Kier alpha value is -4.07. The summed E-state index contributed by atoms with van der Waals surface area (Å²) in [6.45, 7) is 3.84. The fraction of sp³-hybridized carbons (Fsp3) is 0.345. The molecule has 1 aliphatic heterocycles. The highest BCUT2D eigenvalue weighted by molar-refractivity contribution is 5.86. The fourth-order valence-electron chi connectivity index (χ4n) is 5.17. The predicted molar refractivity (Wildman–Crippen MR) is 146 cm³/mol. The van der Waals surface area contributed by atoms with Crippen LogP contribution < -0.4 is 20.5 Å². The lowest BCUT2D eigenvalue weighted by Crippen LogP contribution is -2.30. The van der Waals surface area contributed by atoms with Gasteiger partial charge in [-0.1, -0.05) is 42.5 Å². The van der Waals surface area contributed by atoms with Gasteiger partial charge in [0.2, 0.25) is 5.91 Å². The maximum Gasteiger partial charge on any atom is 0.278 e. The molecule has 0 bridgehead atoms. The molecule has 1 aliphatic rings. The summed E-state index contributed by atoms with van der Waals surface area (Å²) < 4.78 is 6.98. The average molecular weight is 500 g/mol. The van der Waals surface area contributed by atoms with Gasteiger partial charge in [0, 0.05) is 48.9 Å². The first-order valence-electron chi connectivity index (χ1n) is 12.8. The SMILES string of the molecule is CNC(=O)Cc1cc(Cc2c(C)[nH]c3c(N4CCCCC4)c(-c4ccccc4)nn3c2=O)ccc1OC. The largest absolute Gasteiger partial charge is 0.496 e. The van der Waals surface area contributed by atoms with Crippen LogP contribution in [0.15, 0.2) is 53.3 Å². The molecular formula is C29H33N5O3. The molecule has 192 valence electrons. The molecule has 0 radical (unpaired) electrons. The molecule has 1 fully saturated rings. The van der Waals surface area contributed by atoms with Crippen LogP contribution in [-0.2, 0) is 17.6 Å². The van der Waals surface area contributed by atoms with Gasteiger partial charge in [0.15, 0.2) is 5.65 Å². The number of nitrogens with zero attached hydrogens (tertiary/aromatic N) is 3. The number of aromatic nitrogens is 3. The highest BCUT2D eigenvalue weighted by atomic mass is 16.5. The van der Waals surface area contributed by atoms with Crippen molar-refractivity contribution in [1.82, 2.24) is 19.9 Å². The van der Waals surface area contributed by atoms with Crippen LogP contribution in [-0.4, -0.2) is 47.8 Å². The van der Waals surface area contributed by atoms with Gasteiger partial charge in [0.05, 0.1) is 13.5 Å². The Bertz CT molecular complexity index is 1480. The Morgan fingerprint density at radius 2 is 1.86 bits per heavy atom. The standard InChI is InChI=1S/C29H33N5O3/c1-19-23(17-20-12-13-24(37-3)22(16-20)18-25(35)30-2)29(36)34-28(31-19)27(33-14-8-5-9-15-33)26(32-34)21-10-6-4-7-11-21/h4,6-7,10-13,16,31H,5,8-9,14-15,17-18H2,1-3H3,(H,30,35). The Morgan fingerprint density at radius 3 is 2.57 bits per heavy atom. The van der Waals surface area contributed by atoms with Crippen molar-refractivity contribution in [3.8, 4) is 17.0 Å². The number of H-pyrrole nitrogens is 1. The third kappa shape index (κ3) is 4.83. The van der Waals surface area contributed by atoms with Crippen molar-refractivity contribution < 1.29 is 9.53 Å². The van der Waals surface area contributed by atoms with E-state index in [2.05, 4.69) is 15.2 Å². The van der Waals surface area contributed by atoms with Gasteiger partial charge in [-0.3, -0.25) is 9.59 Å². The topological polar surface area (TPSA) is 91.7 Å².